The molecule has 17 heavy (non-hydrogen) atoms. The van der Waals surface area contributed by atoms with Crippen LogP contribution in [0.4, 0.5) is 5.69 Å². The van der Waals surface area contributed by atoms with E-state index in [1.54, 1.807) is 14.2 Å². The van der Waals surface area contributed by atoms with E-state index in [1.807, 2.05) is 18.2 Å². The molecule has 4 heteroatoms. The van der Waals surface area contributed by atoms with Crippen LogP contribution in [0.15, 0.2) is 30.3 Å². The van der Waals surface area contributed by atoms with Gasteiger partial charge >= 0.3 is 9.28 Å². The average molecular weight is 253 g/mol. The van der Waals surface area contributed by atoms with Crippen LogP contribution in [0.5, 0.6) is 0 Å². The molecule has 1 aromatic rings. The molecule has 0 saturated heterocycles. The molecule has 1 N–H and O–H groups in total. The first kappa shape index (κ1) is 14.2. The smallest absolute Gasteiger partial charge is 0.322 e. The first-order valence-electron chi connectivity index (χ1n) is 6.17. The molecule has 1 rings (SSSR count). The lowest BCUT2D eigenvalue weighted by atomic mass is 10.2. The predicted molar refractivity (Wildman–Crippen MR) is 74.7 cm³/mol. The van der Waals surface area contributed by atoms with E-state index in [0.29, 0.717) is 6.04 Å². The zero-order valence-electron chi connectivity index (χ0n) is 11.0. The average Bonchev–Trinajstić information content (AvgIpc) is 2.37. The zero-order valence-corrected chi connectivity index (χ0v) is 12.1. The topological polar surface area (TPSA) is 30.5 Å². The molecule has 0 saturated carbocycles. The van der Waals surface area contributed by atoms with Crippen molar-refractivity contribution < 1.29 is 8.85 Å². The van der Waals surface area contributed by atoms with Crippen molar-refractivity contribution in [1.29, 1.82) is 0 Å². The van der Waals surface area contributed by atoms with Gasteiger partial charge in [-0.2, -0.15) is 0 Å². The van der Waals surface area contributed by atoms with E-state index in [0.717, 1.165) is 12.5 Å². The Kier molecular flexibility index (Phi) is 6.92. The Labute approximate surface area is 106 Å². The van der Waals surface area contributed by atoms with Gasteiger partial charge in [0.05, 0.1) is 0 Å². The quantitative estimate of drug-likeness (QED) is 0.723. The molecule has 0 aliphatic heterocycles. The SMILES string of the molecule is CCCC(C[SiH](OC)OC)Nc1ccccc1. The Morgan fingerprint density at radius 1 is 1.18 bits per heavy atom. The van der Waals surface area contributed by atoms with Crippen molar-refractivity contribution in [1.82, 2.24) is 0 Å². The summed E-state index contributed by atoms with van der Waals surface area (Å²) >= 11 is 0. The second-order valence-electron chi connectivity index (χ2n) is 4.13. The van der Waals surface area contributed by atoms with Crippen molar-refractivity contribution in [2.45, 2.75) is 31.9 Å². The van der Waals surface area contributed by atoms with Gasteiger partial charge in [-0.05, 0) is 18.6 Å². The summed E-state index contributed by atoms with van der Waals surface area (Å²) in [5.74, 6) is 0. The summed E-state index contributed by atoms with van der Waals surface area (Å²) in [4.78, 5) is 0. The fourth-order valence-electron chi connectivity index (χ4n) is 1.89. The first-order chi connectivity index (χ1) is 8.30. The fraction of sp³-hybridized carbons (Fsp3) is 0.538. The van der Waals surface area contributed by atoms with Crippen molar-refractivity contribution in [2.24, 2.45) is 0 Å². The second-order valence-corrected chi connectivity index (χ2v) is 6.41. The highest BCUT2D eigenvalue weighted by molar-refractivity contribution is 6.44. The molecular formula is C13H23NO2Si. The zero-order chi connectivity index (χ0) is 12.5. The maximum Gasteiger partial charge on any atom is 0.322 e. The molecule has 96 valence electrons. The Balaban J connectivity index is 2.53. The molecular weight excluding hydrogens is 230 g/mol. The highest BCUT2D eigenvalue weighted by atomic mass is 28.3. The number of para-hydroxylation sites is 1. The number of benzene rings is 1. The molecule has 3 nitrogen and oxygen atoms in total. The van der Waals surface area contributed by atoms with Gasteiger partial charge in [-0.1, -0.05) is 31.5 Å². The Morgan fingerprint density at radius 2 is 1.82 bits per heavy atom. The molecule has 0 aliphatic rings. The molecule has 0 bridgehead atoms. The van der Waals surface area contributed by atoms with E-state index in [-0.39, 0.29) is 0 Å². The monoisotopic (exact) mass is 253 g/mol. The normalized spacial score (nSPS) is 12.7. The molecule has 0 aliphatic carbocycles. The summed E-state index contributed by atoms with van der Waals surface area (Å²) in [6.45, 7) is 2.20. The summed E-state index contributed by atoms with van der Waals surface area (Å²) < 4.78 is 10.8. The summed E-state index contributed by atoms with van der Waals surface area (Å²) in [7, 11) is 2.00. The molecule has 0 amide bonds. The summed E-state index contributed by atoms with van der Waals surface area (Å²) in [5.41, 5.74) is 1.17. The minimum absolute atomic E-state index is 0.443. The third-order valence-electron chi connectivity index (χ3n) is 2.78. The van der Waals surface area contributed by atoms with Crippen molar-refractivity contribution >= 4 is 15.0 Å². The van der Waals surface area contributed by atoms with E-state index < -0.39 is 9.28 Å². The summed E-state index contributed by atoms with van der Waals surface area (Å²) in [6, 6.07) is 11.8. The van der Waals surface area contributed by atoms with E-state index in [2.05, 4.69) is 24.4 Å². The van der Waals surface area contributed by atoms with Gasteiger partial charge in [-0.3, -0.25) is 0 Å². The van der Waals surface area contributed by atoms with Gasteiger partial charge in [0.25, 0.3) is 0 Å². The highest BCUT2D eigenvalue weighted by Crippen LogP contribution is 2.14. The van der Waals surface area contributed by atoms with Crippen LogP contribution < -0.4 is 5.32 Å². The van der Waals surface area contributed by atoms with Gasteiger partial charge in [0, 0.05) is 32.0 Å². The molecule has 0 fully saturated rings. The number of anilines is 1. The molecule has 1 atom stereocenters. The lowest BCUT2D eigenvalue weighted by Gasteiger charge is -2.22. The molecule has 0 aromatic heterocycles. The molecule has 1 unspecified atom stereocenters. The van der Waals surface area contributed by atoms with E-state index in [4.69, 9.17) is 8.85 Å². The van der Waals surface area contributed by atoms with Crippen LogP contribution in [-0.2, 0) is 8.85 Å². The van der Waals surface area contributed by atoms with Crippen LogP contribution in [-0.4, -0.2) is 29.5 Å². The second kappa shape index (κ2) is 8.28. The van der Waals surface area contributed by atoms with Crippen LogP contribution in [0.2, 0.25) is 6.04 Å². The first-order valence-corrected chi connectivity index (χ1v) is 7.93. The number of hydrogen-bond donors (Lipinski definition) is 1. The van der Waals surface area contributed by atoms with Crippen molar-refractivity contribution in [3.05, 3.63) is 30.3 Å². The summed E-state index contributed by atoms with van der Waals surface area (Å²) in [6.07, 6.45) is 2.31. The maximum absolute atomic E-state index is 5.39. The van der Waals surface area contributed by atoms with Gasteiger partial charge in [0.1, 0.15) is 0 Å². The van der Waals surface area contributed by atoms with Gasteiger partial charge < -0.3 is 14.2 Å². The number of nitrogens with one attached hydrogen (secondary N) is 1. The fourth-order valence-corrected chi connectivity index (χ4v) is 3.28. The Morgan fingerprint density at radius 3 is 2.35 bits per heavy atom. The highest BCUT2D eigenvalue weighted by Gasteiger charge is 2.17. The minimum Gasteiger partial charge on any atom is -0.400 e. The standard InChI is InChI=1S/C13H23NO2Si/c1-4-8-13(11-17(15-2)16-3)14-12-9-6-5-7-10-12/h5-7,9-10,13-14,17H,4,8,11H2,1-3H3. The van der Waals surface area contributed by atoms with Gasteiger partial charge in [-0.15, -0.1) is 0 Å². The van der Waals surface area contributed by atoms with Crippen molar-refractivity contribution in [3.63, 3.8) is 0 Å². The lowest BCUT2D eigenvalue weighted by Crippen LogP contribution is -2.30. The van der Waals surface area contributed by atoms with E-state index in [1.165, 1.54) is 12.1 Å². The lowest BCUT2D eigenvalue weighted by molar-refractivity contribution is 0.274. The number of rotatable bonds is 8. The van der Waals surface area contributed by atoms with Crippen molar-refractivity contribution in [3.8, 4) is 0 Å². The largest absolute Gasteiger partial charge is 0.400 e. The molecule has 0 heterocycles. The molecule has 0 spiro atoms. The Hall–Kier alpha value is -0.843. The van der Waals surface area contributed by atoms with Crippen LogP contribution in [0.25, 0.3) is 0 Å². The third kappa shape index (κ3) is 5.34. The number of hydrogen-bond acceptors (Lipinski definition) is 3. The van der Waals surface area contributed by atoms with Crippen LogP contribution in [0, 0.1) is 0 Å². The third-order valence-corrected chi connectivity index (χ3v) is 4.79. The minimum atomic E-state index is -1.49. The van der Waals surface area contributed by atoms with Crippen LogP contribution >= 0.6 is 0 Å². The van der Waals surface area contributed by atoms with E-state index in [9.17, 15) is 0 Å². The van der Waals surface area contributed by atoms with Gasteiger partial charge in [0.2, 0.25) is 0 Å². The summed E-state index contributed by atoms with van der Waals surface area (Å²) in [5, 5.41) is 3.55. The van der Waals surface area contributed by atoms with Crippen LogP contribution in [0.1, 0.15) is 19.8 Å². The van der Waals surface area contributed by atoms with Crippen molar-refractivity contribution in [2.75, 3.05) is 19.5 Å². The maximum atomic E-state index is 5.39. The molecule has 0 radical (unpaired) electrons. The Bertz CT molecular complexity index is 291. The van der Waals surface area contributed by atoms with E-state index >= 15 is 0 Å². The molecule has 1 aromatic carbocycles. The van der Waals surface area contributed by atoms with Crippen LogP contribution in [0.3, 0.4) is 0 Å². The predicted octanol–water partition coefficient (Wildman–Crippen LogP) is 2.78. The van der Waals surface area contributed by atoms with Gasteiger partial charge in [0.15, 0.2) is 0 Å². The van der Waals surface area contributed by atoms with Gasteiger partial charge in [-0.25, -0.2) is 0 Å².